The lowest BCUT2D eigenvalue weighted by Crippen LogP contribution is -2.15. The molecule has 0 amide bonds. The molecule has 3 aromatic rings. The standard InChI is InChI=1S/C24H23ClO/c1-18(20-10-6-3-7-11-20)23(17-12-19-8-4-2-5-9-19)24(26)21-13-15-22(25)16-14-21/h2-11,13-16,23-24,26H,1,12,17H2. The molecule has 1 N–H and O–H groups in total. The Kier molecular flexibility index (Phi) is 6.27. The van der Waals surface area contributed by atoms with Gasteiger partial charge in [0.2, 0.25) is 0 Å². The second-order valence-corrected chi connectivity index (χ2v) is 6.95. The van der Waals surface area contributed by atoms with Crippen LogP contribution in [0.25, 0.3) is 5.57 Å². The molecule has 1 nitrogen and oxygen atoms in total. The summed E-state index contributed by atoms with van der Waals surface area (Å²) in [7, 11) is 0. The maximum Gasteiger partial charge on any atom is 0.0858 e. The van der Waals surface area contributed by atoms with Gasteiger partial charge in [0.05, 0.1) is 6.10 Å². The summed E-state index contributed by atoms with van der Waals surface area (Å²) < 4.78 is 0. The fourth-order valence-electron chi connectivity index (χ4n) is 3.25. The van der Waals surface area contributed by atoms with Gasteiger partial charge in [-0.05, 0) is 47.2 Å². The molecule has 0 aliphatic rings. The second kappa shape index (κ2) is 8.84. The molecular formula is C24H23ClO. The zero-order valence-electron chi connectivity index (χ0n) is 14.7. The molecule has 0 bridgehead atoms. The van der Waals surface area contributed by atoms with Crippen LogP contribution in [0.15, 0.2) is 91.5 Å². The SMILES string of the molecule is C=C(c1ccccc1)C(CCc1ccccc1)C(O)c1ccc(Cl)cc1. The van der Waals surface area contributed by atoms with Gasteiger partial charge in [-0.1, -0.05) is 91.0 Å². The minimum Gasteiger partial charge on any atom is -0.388 e. The first-order valence-corrected chi connectivity index (χ1v) is 9.24. The number of aliphatic hydroxyl groups excluding tert-OH is 1. The van der Waals surface area contributed by atoms with Crippen LogP contribution in [-0.2, 0) is 6.42 Å². The molecule has 26 heavy (non-hydrogen) atoms. The van der Waals surface area contributed by atoms with Gasteiger partial charge in [-0.25, -0.2) is 0 Å². The molecule has 2 unspecified atom stereocenters. The Hall–Kier alpha value is -2.35. The number of aryl methyl sites for hydroxylation is 1. The van der Waals surface area contributed by atoms with Crippen LogP contribution in [0.1, 0.15) is 29.2 Å². The van der Waals surface area contributed by atoms with Gasteiger partial charge in [0.25, 0.3) is 0 Å². The van der Waals surface area contributed by atoms with E-state index in [0.717, 1.165) is 29.5 Å². The zero-order chi connectivity index (χ0) is 18.4. The number of benzene rings is 3. The van der Waals surface area contributed by atoms with E-state index in [1.165, 1.54) is 5.56 Å². The van der Waals surface area contributed by atoms with Gasteiger partial charge in [-0.2, -0.15) is 0 Å². The fraction of sp³-hybridized carbons (Fsp3) is 0.167. The van der Waals surface area contributed by atoms with Gasteiger partial charge < -0.3 is 5.11 Å². The first kappa shape index (κ1) is 18.4. The van der Waals surface area contributed by atoms with Crippen molar-refractivity contribution in [1.29, 1.82) is 0 Å². The van der Waals surface area contributed by atoms with Crippen molar-refractivity contribution in [3.63, 3.8) is 0 Å². The van der Waals surface area contributed by atoms with Crippen LogP contribution in [0, 0.1) is 5.92 Å². The van der Waals surface area contributed by atoms with Gasteiger partial charge in [-0.3, -0.25) is 0 Å². The van der Waals surface area contributed by atoms with Crippen LogP contribution in [0.5, 0.6) is 0 Å². The molecule has 3 aromatic carbocycles. The van der Waals surface area contributed by atoms with E-state index in [1.54, 1.807) is 0 Å². The van der Waals surface area contributed by atoms with Crippen molar-refractivity contribution in [2.24, 2.45) is 5.92 Å². The average Bonchev–Trinajstić information content (AvgIpc) is 2.70. The van der Waals surface area contributed by atoms with Crippen LogP contribution >= 0.6 is 11.6 Å². The Bertz CT molecular complexity index is 825. The van der Waals surface area contributed by atoms with Crippen molar-refractivity contribution in [1.82, 2.24) is 0 Å². The third-order valence-electron chi connectivity index (χ3n) is 4.77. The highest BCUT2D eigenvalue weighted by Gasteiger charge is 2.24. The summed E-state index contributed by atoms with van der Waals surface area (Å²) >= 11 is 6.00. The lowest BCUT2D eigenvalue weighted by Gasteiger charge is -2.26. The molecule has 3 rings (SSSR count). The summed E-state index contributed by atoms with van der Waals surface area (Å²) in [6.07, 6.45) is 1.09. The van der Waals surface area contributed by atoms with Gasteiger partial charge in [0.1, 0.15) is 0 Å². The van der Waals surface area contributed by atoms with Crippen molar-refractivity contribution in [2.75, 3.05) is 0 Å². The lowest BCUT2D eigenvalue weighted by molar-refractivity contribution is 0.131. The number of rotatable bonds is 7. The number of halogens is 1. The third kappa shape index (κ3) is 4.63. The Morgan fingerprint density at radius 2 is 1.42 bits per heavy atom. The largest absolute Gasteiger partial charge is 0.388 e. The molecule has 0 radical (unpaired) electrons. The first-order valence-electron chi connectivity index (χ1n) is 8.87. The summed E-state index contributed by atoms with van der Waals surface area (Å²) in [5.74, 6) is -0.0706. The van der Waals surface area contributed by atoms with Crippen molar-refractivity contribution in [3.8, 4) is 0 Å². The Morgan fingerprint density at radius 1 is 0.846 bits per heavy atom. The smallest absolute Gasteiger partial charge is 0.0858 e. The summed E-state index contributed by atoms with van der Waals surface area (Å²) in [4.78, 5) is 0. The molecule has 0 aromatic heterocycles. The Labute approximate surface area is 160 Å². The molecule has 0 saturated heterocycles. The van der Waals surface area contributed by atoms with E-state index >= 15 is 0 Å². The molecule has 2 atom stereocenters. The highest BCUT2D eigenvalue weighted by atomic mass is 35.5. The van der Waals surface area contributed by atoms with E-state index in [1.807, 2.05) is 72.8 Å². The number of hydrogen-bond acceptors (Lipinski definition) is 1. The van der Waals surface area contributed by atoms with E-state index in [-0.39, 0.29) is 5.92 Å². The van der Waals surface area contributed by atoms with E-state index in [9.17, 15) is 5.11 Å². The number of aliphatic hydroxyl groups is 1. The molecule has 0 heterocycles. The molecular weight excluding hydrogens is 340 g/mol. The van der Waals surface area contributed by atoms with E-state index in [2.05, 4.69) is 18.7 Å². The van der Waals surface area contributed by atoms with Crippen molar-refractivity contribution in [3.05, 3.63) is 113 Å². The first-order chi connectivity index (χ1) is 12.6. The molecule has 0 aliphatic heterocycles. The predicted molar refractivity (Wildman–Crippen MR) is 110 cm³/mol. The maximum atomic E-state index is 11.1. The fourth-order valence-corrected chi connectivity index (χ4v) is 3.37. The molecule has 0 aliphatic carbocycles. The minimum absolute atomic E-state index is 0.0706. The van der Waals surface area contributed by atoms with Crippen molar-refractivity contribution < 1.29 is 5.11 Å². The Balaban J connectivity index is 1.85. The van der Waals surface area contributed by atoms with Gasteiger partial charge in [-0.15, -0.1) is 0 Å². The molecule has 0 saturated carbocycles. The molecule has 0 fully saturated rings. The van der Waals surface area contributed by atoms with Gasteiger partial charge in [0.15, 0.2) is 0 Å². The normalized spacial score (nSPS) is 13.2. The van der Waals surface area contributed by atoms with Crippen LogP contribution < -0.4 is 0 Å². The highest BCUT2D eigenvalue weighted by molar-refractivity contribution is 6.30. The van der Waals surface area contributed by atoms with E-state index < -0.39 is 6.10 Å². The molecule has 2 heteroatoms. The lowest BCUT2D eigenvalue weighted by atomic mass is 9.82. The highest BCUT2D eigenvalue weighted by Crippen LogP contribution is 2.36. The quantitative estimate of drug-likeness (QED) is 0.520. The minimum atomic E-state index is -0.622. The average molecular weight is 363 g/mol. The van der Waals surface area contributed by atoms with Crippen molar-refractivity contribution in [2.45, 2.75) is 18.9 Å². The maximum absolute atomic E-state index is 11.1. The topological polar surface area (TPSA) is 20.2 Å². The zero-order valence-corrected chi connectivity index (χ0v) is 15.4. The summed E-state index contributed by atoms with van der Waals surface area (Å²) in [5, 5.41) is 11.7. The molecule has 0 spiro atoms. The summed E-state index contributed by atoms with van der Waals surface area (Å²) in [5.41, 5.74) is 4.16. The predicted octanol–water partition coefficient (Wildman–Crippen LogP) is 6.34. The van der Waals surface area contributed by atoms with Crippen molar-refractivity contribution >= 4 is 17.2 Å². The van der Waals surface area contributed by atoms with Gasteiger partial charge >= 0.3 is 0 Å². The van der Waals surface area contributed by atoms with Crippen LogP contribution in [0.2, 0.25) is 5.02 Å². The summed E-state index contributed by atoms with van der Waals surface area (Å²) in [6, 6.07) is 27.9. The van der Waals surface area contributed by atoms with Crippen LogP contribution in [0.4, 0.5) is 0 Å². The van der Waals surface area contributed by atoms with E-state index in [4.69, 9.17) is 11.6 Å². The second-order valence-electron chi connectivity index (χ2n) is 6.52. The van der Waals surface area contributed by atoms with Crippen LogP contribution in [0.3, 0.4) is 0 Å². The molecule has 132 valence electrons. The summed E-state index contributed by atoms with van der Waals surface area (Å²) in [6.45, 7) is 4.32. The van der Waals surface area contributed by atoms with E-state index in [0.29, 0.717) is 5.02 Å². The Morgan fingerprint density at radius 3 is 2.04 bits per heavy atom. The van der Waals surface area contributed by atoms with Gasteiger partial charge in [0, 0.05) is 10.9 Å². The monoisotopic (exact) mass is 362 g/mol. The number of hydrogen-bond donors (Lipinski definition) is 1. The third-order valence-corrected chi connectivity index (χ3v) is 5.02. The van der Waals surface area contributed by atoms with Crippen LogP contribution in [-0.4, -0.2) is 5.11 Å².